The van der Waals surface area contributed by atoms with Crippen molar-refractivity contribution in [1.82, 2.24) is 0 Å². The monoisotopic (exact) mass is 389 g/mol. The molecule has 1 aliphatic rings. The zero-order chi connectivity index (χ0) is 19.2. The van der Waals surface area contributed by atoms with Crippen LogP contribution in [0.5, 0.6) is 11.5 Å². The summed E-state index contributed by atoms with van der Waals surface area (Å²) in [5.41, 5.74) is 1.79. The van der Waals surface area contributed by atoms with Gasteiger partial charge in [-0.3, -0.25) is 4.79 Å². The summed E-state index contributed by atoms with van der Waals surface area (Å²) >= 11 is 1.48. The second kappa shape index (κ2) is 8.90. The van der Waals surface area contributed by atoms with Gasteiger partial charge in [-0.05, 0) is 49.4 Å². The van der Waals surface area contributed by atoms with Gasteiger partial charge in [0.05, 0.1) is 14.2 Å². The molecule has 6 nitrogen and oxygen atoms in total. The fourth-order valence-electron chi connectivity index (χ4n) is 3.08. The number of benzene rings is 1. The molecule has 0 aliphatic heterocycles. The molecule has 1 aromatic heterocycles. The van der Waals surface area contributed by atoms with Crippen LogP contribution in [0.2, 0.25) is 0 Å². The first-order chi connectivity index (χ1) is 13.1. The third kappa shape index (κ3) is 4.80. The van der Waals surface area contributed by atoms with E-state index in [1.807, 2.05) is 6.07 Å². The average molecular weight is 389 g/mol. The van der Waals surface area contributed by atoms with E-state index in [0.717, 1.165) is 25.7 Å². The number of carbonyl (C=O) groups is 2. The number of nitrogens with one attached hydrogen (secondary N) is 1. The van der Waals surface area contributed by atoms with Crippen LogP contribution in [-0.4, -0.2) is 32.7 Å². The number of hydrogen-bond donors (Lipinski definition) is 1. The fraction of sp³-hybridized carbons (Fsp3) is 0.400. The summed E-state index contributed by atoms with van der Waals surface area (Å²) in [5.74, 6) is 0.219. The minimum atomic E-state index is -0.449. The molecule has 0 fully saturated rings. The highest BCUT2D eigenvalue weighted by Crippen LogP contribution is 2.30. The molecule has 1 heterocycles. The first kappa shape index (κ1) is 19.2. The second-order valence-electron chi connectivity index (χ2n) is 6.31. The van der Waals surface area contributed by atoms with Gasteiger partial charge in [0.15, 0.2) is 18.1 Å². The Labute approximate surface area is 162 Å². The lowest BCUT2D eigenvalue weighted by molar-refractivity contribution is -0.119. The summed E-state index contributed by atoms with van der Waals surface area (Å²) in [6.45, 7) is -0.338. The number of anilines is 1. The topological polar surface area (TPSA) is 73.9 Å². The van der Waals surface area contributed by atoms with Crippen molar-refractivity contribution < 1.29 is 23.8 Å². The highest BCUT2D eigenvalue weighted by atomic mass is 32.1. The van der Waals surface area contributed by atoms with Gasteiger partial charge in [-0.1, -0.05) is 6.42 Å². The Balaban J connectivity index is 1.55. The lowest BCUT2D eigenvalue weighted by Crippen LogP contribution is -2.20. The predicted molar refractivity (Wildman–Crippen MR) is 104 cm³/mol. The molecule has 0 spiro atoms. The number of ether oxygens (including phenoxy) is 3. The van der Waals surface area contributed by atoms with E-state index in [9.17, 15) is 9.59 Å². The van der Waals surface area contributed by atoms with Gasteiger partial charge in [-0.15, -0.1) is 11.3 Å². The highest BCUT2D eigenvalue weighted by Gasteiger charge is 2.18. The van der Waals surface area contributed by atoms with E-state index in [0.29, 0.717) is 22.1 Å². The molecule has 2 aromatic rings. The van der Waals surface area contributed by atoms with Crippen molar-refractivity contribution in [3.8, 4) is 11.5 Å². The number of thiophene rings is 1. The minimum Gasteiger partial charge on any atom is -0.493 e. The Morgan fingerprint density at radius 1 is 1.04 bits per heavy atom. The maximum atomic E-state index is 12.3. The first-order valence-corrected chi connectivity index (χ1v) is 9.73. The van der Waals surface area contributed by atoms with E-state index in [1.54, 1.807) is 25.3 Å². The highest BCUT2D eigenvalue weighted by molar-refractivity contribution is 7.14. The molecule has 7 heteroatoms. The van der Waals surface area contributed by atoms with Crippen molar-refractivity contribution in [3.63, 3.8) is 0 Å². The standard InChI is InChI=1S/C20H23NO5S/c1-24-15-9-8-14(11-16(15)25-2)21-19(22)12-26-20(23)18-10-13-6-4-3-5-7-17(13)27-18/h8-11H,3-7,12H2,1-2H3,(H,21,22). The Bertz CT molecular complexity index is 806. The number of methoxy groups -OCH3 is 2. The minimum absolute atomic E-state index is 0.338. The molecule has 0 atom stereocenters. The smallest absolute Gasteiger partial charge is 0.348 e. The molecule has 1 aromatic carbocycles. The zero-order valence-corrected chi connectivity index (χ0v) is 16.3. The van der Waals surface area contributed by atoms with Crippen LogP contribution in [0, 0.1) is 0 Å². The molecule has 0 bridgehead atoms. The number of fused-ring (bicyclic) bond motifs is 1. The van der Waals surface area contributed by atoms with Gasteiger partial charge in [0.25, 0.3) is 5.91 Å². The zero-order valence-electron chi connectivity index (χ0n) is 15.5. The summed E-state index contributed by atoms with van der Waals surface area (Å²) in [7, 11) is 3.06. The molecule has 0 unspecified atom stereocenters. The van der Waals surface area contributed by atoms with E-state index < -0.39 is 11.9 Å². The molecular formula is C20H23NO5S. The number of hydrogen-bond acceptors (Lipinski definition) is 6. The average Bonchev–Trinajstić information content (AvgIpc) is 2.96. The number of aryl methyl sites for hydroxylation is 2. The van der Waals surface area contributed by atoms with Crippen LogP contribution in [0.25, 0.3) is 0 Å². The van der Waals surface area contributed by atoms with Crippen LogP contribution in [0.1, 0.15) is 39.4 Å². The van der Waals surface area contributed by atoms with Gasteiger partial charge in [0, 0.05) is 16.6 Å². The van der Waals surface area contributed by atoms with E-state index in [2.05, 4.69) is 5.32 Å². The van der Waals surface area contributed by atoms with Crippen molar-refractivity contribution in [2.24, 2.45) is 0 Å². The third-order valence-electron chi connectivity index (χ3n) is 4.45. The van der Waals surface area contributed by atoms with Crippen LogP contribution < -0.4 is 14.8 Å². The van der Waals surface area contributed by atoms with Crippen molar-refractivity contribution in [2.45, 2.75) is 32.1 Å². The molecular weight excluding hydrogens is 366 g/mol. The number of rotatable bonds is 6. The number of carbonyl (C=O) groups excluding carboxylic acids is 2. The molecule has 0 saturated heterocycles. The summed E-state index contributed by atoms with van der Waals surface area (Å²) in [6.07, 6.45) is 5.59. The predicted octanol–water partition coefficient (Wildman–Crippen LogP) is 3.83. The Morgan fingerprint density at radius 3 is 2.59 bits per heavy atom. The molecule has 3 rings (SSSR count). The summed E-state index contributed by atoms with van der Waals surface area (Å²) in [4.78, 5) is 26.2. The normalized spacial score (nSPS) is 13.3. The van der Waals surface area contributed by atoms with E-state index in [1.165, 1.54) is 35.3 Å². The van der Waals surface area contributed by atoms with Crippen molar-refractivity contribution in [2.75, 3.05) is 26.1 Å². The van der Waals surface area contributed by atoms with Crippen molar-refractivity contribution in [1.29, 1.82) is 0 Å². The quantitative estimate of drug-likeness (QED) is 0.600. The van der Waals surface area contributed by atoms with Gasteiger partial charge in [-0.2, -0.15) is 0 Å². The molecule has 144 valence electrons. The van der Waals surface area contributed by atoms with E-state index in [4.69, 9.17) is 14.2 Å². The van der Waals surface area contributed by atoms with Crippen LogP contribution in [0.3, 0.4) is 0 Å². The maximum Gasteiger partial charge on any atom is 0.348 e. The molecule has 27 heavy (non-hydrogen) atoms. The number of esters is 1. The first-order valence-electron chi connectivity index (χ1n) is 8.91. The Kier molecular flexibility index (Phi) is 6.34. The summed E-state index contributed by atoms with van der Waals surface area (Å²) in [5, 5.41) is 2.68. The number of amides is 1. The fourth-order valence-corrected chi connectivity index (χ4v) is 4.23. The van der Waals surface area contributed by atoms with Crippen molar-refractivity contribution >= 4 is 28.9 Å². The molecule has 1 aliphatic carbocycles. The molecule has 1 N–H and O–H groups in total. The summed E-state index contributed by atoms with van der Waals surface area (Å²) < 4.78 is 15.5. The summed E-state index contributed by atoms with van der Waals surface area (Å²) in [6, 6.07) is 6.95. The van der Waals surface area contributed by atoms with Gasteiger partial charge >= 0.3 is 5.97 Å². The van der Waals surface area contributed by atoms with Crippen LogP contribution in [-0.2, 0) is 22.4 Å². The van der Waals surface area contributed by atoms with E-state index in [-0.39, 0.29) is 6.61 Å². The maximum absolute atomic E-state index is 12.3. The van der Waals surface area contributed by atoms with Gasteiger partial charge < -0.3 is 19.5 Å². The van der Waals surface area contributed by atoms with Gasteiger partial charge in [0.2, 0.25) is 0 Å². The lowest BCUT2D eigenvalue weighted by Gasteiger charge is -2.10. The van der Waals surface area contributed by atoms with Crippen LogP contribution >= 0.6 is 11.3 Å². The van der Waals surface area contributed by atoms with Gasteiger partial charge in [-0.25, -0.2) is 4.79 Å². The van der Waals surface area contributed by atoms with Crippen molar-refractivity contribution in [3.05, 3.63) is 39.6 Å². The van der Waals surface area contributed by atoms with E-state index >= 15 is 0 Å². The van der Waals surface area contributed by atoms with Crippen LogP contribution in [0.15, 0.2) is 24.3 Å². The molecule has 0 radical (unpaired) electrons. The SMILES string of the molecule is COc1ccc(NC(=O)COC(=O)c2cc3c(s2)CCCCC3)cc1OC. The molecule has 0 saturated carbocycles. The Morgan fingerprint density at radius 2 is 1.81 bits per heavy atom. The molecule has 1 amide bonds. The third-order valence-corrected chi connectivity index (χ3v) is 5.67. The Hall–Kier alpha value is -2.54. The van der Waals surface area contributed by atoms with Crippen LogP contribution in [0.4, 0.5) is 5.69 Å². The van der Waals surface area contributed by atoms with Gasteiger partial charge in [0.1, 0.15) is 4.88 Å². The lowest BCUT2D eigenvalue weighted by atomic mass is 10.1. The largest absolute Gasteiger partial charge is 0.493 e. The second-order valence-corrected chi connectivity index (χ2v) is 7.45.